The molecule has 0 saturated carbocycles. The molecule has 6 N–H and O–H groups in total. The van der Waals surface area contributed by atoms with Gasteiger partial charge in [0.2, 0.25) is 17.7 Å². The van der Waals surface area contributed by atoms with Crippen molar-refractivity contribution in [2.24, 2.45) is 0 Å². The highest BCUT2D eigenvalue weighted by Gasteiger charge is 2.31. The second kappa shape index (κ2) is 15.8. The van der Waals surface area contributed by atoms with Crippen molar-refractivity contribution in [2.45, 2.75) is 62.7 Å². The molecule has 1 aliphatic rings. The van der Waals surface area contributed by atoms with Crippen LogP contribution >= 0.6 is 23.5 Å². The largest absolute Gasteiger partial charge is 0.481 e. The van der Waals surface area contributed by atoms with Crippen LogP contribution in [0.25, 0.3) is 0 Å². The number of carboxylic acids is 2. The fourth-order valence-corrected chi connectivity index (χ4v) is 4.20. The Kier molecular flexibility index (Phi) is 13.9. The van der Waals surface area contributed by atoms with Gasteiger partial charge in [0.25, 0.3) is 0 Å². The minimum absolute atomic E-state index is 0.247. The van der Waals surface area contributed by atoms with Crippen LogP contribution in [0.5, 0.6) is 0 Å². The van der Waals surface area contributed by atoms with Crippen molar-refractivity contribution in [3.8, 4) is 0 Å². The number of aliphatic carboxylic acids is 2. The molecule has 1 saturated heterocycles. The summed E-state index contributed by atoms with van der Waals surface area (Å²) in [7, 11) is 0. The molecule has 0 spiro atoms. The lowest BCUT2D eigenvalue weighted by molar-refractivity contribution is -0.143. The van der Waals surface area contributed by atoms with Gasteiger partial charge < -0.3 is 31.5 Å². The minimum atomic E-state index is -1.39. The molecule has 0 bridgehead atoms. The third kappa shape index (κ3) is 11.1. The summed E-state index contributed by atoms with van der Waals surface area (Å²) in [5.74, 6) is -2.87. The first-order valence-electron chi connectivity index (χ1n) is 10.8. The molecular formula is C20H34N4O7S2. The molecule has 0 aromatic heterocycles. The maximum Gasteiger partial charge on any atom is 0.326 e. The van der Waals surface area contributed by atoms with Crippen LogP contribution in [-0.2, 0) is 24.0 Å². The summed E-state index contributed by atoms with van der Waals surface area (Å²) in [6.07, 6.45) is 5.21. The van der Waals surface area contributed by atoms with Gasteiger partial charge >= 0.3 is 11.9 Å². The predicted molar refractivity (Wildman–Crippen MR) is 127 cm³/mol. The average molecular weight is 507 g/mol. The predicted octanol–water partition coefficient (Wildman–Crippen LogP) is -0.352. The first-order chi connectivity index (χ1) is 15.7. The molecule has 3 amide bonds. The van der Waals surface area contributed by atoms with Crippen LogP contribution in [0.4, 0.5) is 0 Å². The molecule has 1 aliphatic heterocycles. The van der Waals surface area contributed by atoms with E-state index >= 15 is 0 Å². The summed E-state index contributed by atoms with van der Waals surface area (Å²) in [5.41, 5.74) is 0. The molecule has 1 rings (SSSR count). The summed E-state index contributed by atoms with van der Waals surface area (Å²) >= 11 is 2.98. The van der Waals surface area contributed by atoms with Crippen molar-refractivity contribution in [1.82, 2.24) is 21.3 Å². The minimum Gasteiger partial charge on any atom is -0.481 e. The molecule has 0 aromatic rings. The van der Waals surface area contributed by atoms with Gasteiger partial charge in [0, 0.05) is 6.42 Å². The molecule has 13 heteroatoms. The number of rotatable bonds is 16. The Hall–Kier alpha value is -1.99. The Labute approximate surface area is 202 Å². The van der Waals surface area contributed by atoms with Crippen molar-refractivity contribution < 1.29 is 34.2 Å². The highest BCUT2D eigenvalue weighted by atomic mass is 32.2. The van der Waals surface area contributed by atoms with E-state index in [0.29, 0.717) is 24.3 Å². The highest BCUT2D eigenvalue weighted by Crippen LogP contribution is 2.09. The number of nitrogens with one attached hydrogen (secondary N) is 4. The molecule has 4 atom stereocenters. The first-order valence-corrected chi connectivity index (χ1v) is 13.5. The summed E-state index contributed by atoms with van der Waals surface area (Å²) in [5, 5.41) is 28.9. The van der Waals surface area contributed by atoms with Gasteiger partial charge in [0.05, 0.1) is 6.04 Å². The number of hydrogen-bond donors (Lipinski definition) is 6. The van der Waals surface area contributed by atoms with Crippen LogP contribution in [0, 0.1) is 0 Å². The molecule has 33 heavy (non-hydrogen) atoms. The topological polar surface area (TPSA) is 174 Å². The normalized spacial score (nSPS) is 18.1. The van der Waals surface area contributed by atoms with Crippen LogP contribution in [0.3, 0.4) is 0 Å². The number of carboxylic acid groups (broad SMARTS) is 2. The fraction of sp³-hybridized carbons (Fsp3) is 0.750. The van der Waals surface area contributed by atoms with Gasteiger partial charge in [-0.15, -0.1) is 0 Å². The third-order valence-corrected chi connectivity index (χ3v) is 6.41. The lowest BCUT2D eigenvalue weighted by Crippen LogP contribution is -2.57. The van der Waals surface area contributed by atoms with Crippen molar-refractivity contribution in [3.63, 3.8) is 0 Å². The lowest BCUT2D eigenvalue weighted by atomic mass is 10.1. The van der Waals surface area contributed by atoms with E-state index in [4.69, 9.17) is 5.11 Å². The van der Waals surface area contributed by atoms with Crippen molar-refractivity contribution in [1.29, 1.82) is 0 Å². The Morgan fingerprint density at radius 2 is 1.42 bits per heavy atom. The zero-order chi connectivity index (χ0) is 24.8. The van der Waals surface area contributed by atoms with Crippen LogP contribution in [0.2, 0.25) is 0 Å². The van der Waals surface area contributed by atoms with Gasteiger partial charge in [-0.3, -0.25) is 19.2 Å². The van der Waals surface area contributed by atoms with Gasteiger partial charge in [-0.2, -0.15) is 23.5 Å². The van der Waals surface area contributed by atoms with Crippen molar-refractivity contribution >= 4 is 53.2 Å². The van der Waals surface area contributed by atoms with E-state index in [1.165, 1.54) is 23.5 Å². The maximum absolute atomic E-state index is 13.0. The van der Waals surface area contributed by atoms with Crippen LogP contribution in [0.15, 0.2) is 0 Å². The summed E-state index contributed by atoms with van der Waals surface area (Å²) in [4.78, 5) is 60.4. The summed E-state index contributed by atoms with van der Waals surface area (Å²) in [6, 6.07) is -3.59. The van der Waals surface area contributed by atoms with E-state index in [-0.39, 0.29) is 24.8 Å². The Balaban J connectivity index is 2.86. The van der Waals surface area contributed by atoms with Crippen LogP contribution < -0.4 is 21.3 Å². The molecule has 0 radical (unpaired) electrons. The van der Waals surface area contributed by atoms with E-state index in [1.54, 1.807) is 0 Å². The van der Waals surface area contributed by atoms with E-state index < -0.39 is 48.3 Å². The monoisotopic (exact) mass is 506 g/mol. The maximum atomic E-state index is 13.0. The zero-order valence-corrected chi connectivity index (χ0v) is 20.6. The fourth-order valence-electron chi connectivity index (χ4n) is 3.26. The summed E-state index contributed by atoms with van der Waals surface area (Å²) in [6.45, 7) is 0.739. The average Bonchev–Trinajstić information content (AvgIpc) is 3.31. The number of amides is 3. The molecular weight excluding hydrogens is 472 g/mol. The van der Waals surface area contributed by atoms with Gasteiger partial charge in [-0.25, -0.2) is 4.79 Å². The van der Waals surface area contributed by atoms with Gasteiger partial charge in [0.1, 0.15) is 18.1 Å². The van der Waals surface area contributed by atoms with Gasteiger partial charge in [0.15, 0.2) is 0 Å². The zero-order valence-electron chi connectivity index (χ0n) is 18.9. The van der Waals surface area contributed by atoms with Gasteiger partial charge in [-0.05, 0) is 62.7 Å². The third-order valence-electron chi connectivity index (χ3n) is 5.13. The Morgan fingerprint density at radius 3 is 1.88 bits per heavy atom. The van der Waals surface area contributed by atoms with Crippen LogP contribution in [-0.4, -0.2) is 94.6 Å². The molecule has 1 heterocycles. The van der Waals surface area contributed by atoms with Crippen LogP contribution in [0.1, 0.15) is 38.5 Å². The number of thioether (sulfide) groups is 2. The van der Waals surface area contributed by atoms with E-state index in [1.807, 2.05) is 12.5 Å². The first kappa shape index (κ1) is 29.0. The number of carbonyl (C=O) groups is 5. The second-order valence-corrected chi connectivity index (χ2v) is 9.64. The Morgan fingerprint density at radius 1 is 0.879 bits per heavy atom. The molecule has 1 fully saturated rings. The van der Waals surface area contributed by atoms with Crippen molar-refractivity contribution in [2.75, 3.05) is 30.6 Å². The number of carbonyl (C=O) groups excluding carboxylic acids is 3. The quantitative estimate of drug-likeness (QED) is 0.162. The molecule has 0 aromatic carbocycles. The molecule has 11 nitrogen and oxygen atoms in total. The van der Waals surface area contributed by atoms with E-state index in [2.05, 4.69) is 21.3 Å². The molecule has 188 valence electrons. The van der Waals surface area contributed by atoms with E-state index in [9.17, 15) is 29.1 Å². The highest BCUT2D eigenvalue weighted by molar-refractivity contribution is 7.98. The lowest BCUT2D eigenvalue weighted by Gasteiger charge is -2.25. The SMILES string of the molecule is CSCCC(NC(=O)C(CCSC)NC(=O)C1CCCN1)C(=O)NC(CCC(=O)O)C(=O)O. The molecule has 0 aliphatic carbocycles. The van der Waals surface area contributed by atoms with E-state index in [0.717, 1.165) is 13.0 Å². The Bertz CT molecular complexity index is 689. The van der Waals surface area contributed by atoms with Gasteiger partial charge in [-0.1, -0.05) is 0 Å². The second-order valence-electron chi connectivity index (χ2n) is 7.67. The smallest absolute Gasteiger partial charge is 0.326 e. The molecule has 4 unspecified atom stereocenters. The number of hydrogen-bond acceptors (Lipinski definition) is 8. The standard InChI is InChI=1S/C20H34N4O7S2/c1-32-10-7-13(22-17(27)12-4-3-9-21-12)18(28)23-14(8-11-33-2)19(29)24-15(20(30)31)5-6-16(25)26/h12-15,21H,3-11H2,1-2H3,(H,22,27)(H,23,28)(H,24,29)(H,25,26)(H,30,31). The summed E-state index contributed by atoms with van der Waals surface area (Å²) < 4.78 is 0. The van der Waals surface area contributed by atoms with Crippen molar-refractivity contribution in [3.05, 3.63) is 0 Å².